The third kappa shape index (κ3) is 6.57. The summed E-state index contributed by atoms with van der Waals surface area (Å²) in [4.78, 5) is 38.9. The Morgan fingerprint density at radius 1 is 0.875 bits per heavy atom. The smallest absolute Gasteiger partial charge is 0.253 e. The molecule has 0 aromatic heterocycles. The van der Waals surface area contributed by atoms with Crippen LogP contribution in [0.2, 0.25) is 0 Å². The molecule has 1 fully saturated rings. The molecule has 1 saturated heterocycles. The van der Waals surface area contributed by atoms with Crippen LogP contribution in [0.15, 0.2) is 42.5 Å². The number of amides is 3. The lowest BCUT2D eigenvalue weighted by atomic mass is 10.1. The Balaban J connectivity index is 1.57. The summed E-state index contributed by atoms with van der Waals surface area (Å²) >= 11 is 0. The van der Waals surface area contributed by atoms with E-state index in [1.54, 1.807) is 31.2 Å². The molecular formula is C25H32N4O3. The Morgan fingerprint density at radius 3 is 2.34 bits per heavy atom. The van der Waals surface area contributed by atoms with Gasteiger partial charge in [0.25, 0.3) is 5.91 Å². The topological polar surface area (TPSA) is 90.5 Å². The number of aryl methyl sites for hydroxylation is 1. The molecule has 0 spiro atoms. The Kier molecular flexibility index (Phi) is 8.25. The molecule has 3 rings (SSSR count). The van der Waals surface area contributed by atoms with Crippen LogP contribution in [0, 0.1) is 6.92 Å². The van der Waals surface area contributed by atoms with Gasteiger partial charge < -0.3 is 20.9 Å². The van der Waals surface area contributed by atoms with Gasteiger partial charge in [-0.1, -0.05) is 31.9 Å². The van der Waals surface area contributed by atoms with Crippen LogP contribution in [-0.2, 0) is 9.59 Å². The van der Waals surface area contributed by atoms with Crippen molar-refractivity contribution >= 4 is 34.8 Å². The number of nitrogens with one attached hydrogen (secondary N) is 3. The molecule has 1 aliphatic rings. The van der Waals surface area contributed by atoms with Gasteiger partial charge >= 0.3 is 0 Å². The first-order valence-electron chi connectivity index (χ1n) is 11.3. The summed E-state index contributed by atoms with van der Waals surface area (Å²) in [6.45, 7) is 5.36. The van der Waals surface area contributed by atoms with Crippen molar-refractivity contribution in [3.63, 3.8) is 0 Å². The van der Waals surface area contributed by atoms with Crippen LogP contribution >= 0.6 is 0 Å². The van der Waals surface area contributed by atoms with E-state index >= 15 is 0 Å². The zero-order valence-corrected chi connectivity index (χ0v) is 18.9. The fourth-order valence-electron chi connectivity index (χ4n) is 3.68. The summed E-state index contributed by atoms with van der Waals surface area (Å²) in [6, 6.07) is 12.7. The minimum absolute atomic E-state index is 0.0161. The molecule has 0 atom stereocenters. The molecular weight excluding hydrogens is 404 g/mol. The van der Waals surface area contributed by atoms with Gasteiger partial charge in [0.05, 0.1) is 6.54 Å². The van der Waals surface area contributed by atoms with Crippen molar-refractivity contribution < 1.29 is 14.4 Å². The van der Waals surface area contributed by atoms with E-state index in [4.69, 9.17) is 0 Å². The highest BCUT2D eigenvalue weighted by molar-refractivity contribution is 5.98. The molecule has 0 radical (unpaired) electrons. The van der Waals surface area contributed by atoms with Crippen LogP contribution in [0.25, 0.3) is 0 Å². The predicted octanol–water partition coefficient (Wildman–Crippen LogP) is 4.41. The lowest BCUT2D eigenvalue weighted by Crippen LogP contribution is -2.31. The van der Waals surface area contributed by atoms with Crippen LogP contribution in [0.5, 0.6) is 0 Å². The van der Waals surface area contributed by atoms with Crippen LogP contribution in [0.4, 0.5) is 17.1 Å². The molecule has 0 saturated carbocycles. The predicted molar refractivity (Wildman–Crippen MR) is 128 cm³/mol. The van der Waals surface area contributed by atoms with Gasteiger partial charge in [0, 0.05) is 42.1 Å². The zero-order chi connectivity index (χ0) is 22.9. The normalized spacial score (nSPS) is 13.8. The molecule has 7 heteroatoms. The second kappa shape index (κ2) is 11.3. The first-order chi connectivity index (χ1) is 15.5. The molecule has 3 N–H and O–H groups in total. The number of carbonyl (C=O) groups is 3. The third-order valence-corrected chi connectivity index (χ3v) is 5.57. The summed E-state index contributed by atoms with van der Waals surface area (Å²) in [6.07, 6.45) is 4.81. The van der Waals surface area contributed by atoms with E-state index in [0.717, 1.165) is 42.9 Å². The van der Waals surface area contributed by atoms with E-state index in [9.17, 15) is 14.4 Å². The molecule has 1 aliphatic heterocycles. The van der Waals surface area contributed by atoms with E-state index < -0.39 is 0 Å². The highest BCUT2D eigenvalue weighted by Gasteiger charge is 2.17. The number of anilines is 3. The van der Waals surface area contributed by atoms with Crippen molar-refractivity contribution in [2.24, 2.45) is 0 Å². The monoisotopic (exact) mass is 436 g/mol. The average molecular weight is 437 g/mol. The lowest BCUT2D eigenvalue weighted by molar-refractivity contribution is -0.116. The first-order valence-corrected chi connectivity index (χ1v) is 11.3. The molecule has 2 aromatic carbocycles. The van der Waals surface area contributed by atoms with E-state index in [-0.39, 0.29) is 24.3 Å². The SMILES string of the molecule is CCC(=O)Nc1cc(NCC(=O)Nc2cccc(C(=O)N3CCCCCC3)c2)ccc1C. The van der Waals surface area contributed by atoms with Crippen molar-refractivity contribution in [1.29, 1.82) is 0 Å². The standard InChI is InChI=1S/C25H32N4O3/c1-3-23(30)28-22-16-20(12-11-18(22)2)26-17-24(31)27-21-10-8-9-19(15-21)25(32)29-13-6-4-5-7-14-29/h8-12,15-16,26H,3-7,13-14,17H2,1-2H3,(H,27,31)(H,28,30). The van der Waals surface area contributed by atoms with Gasteiger partial charge in [0.2, 0.25) is 11.8 Å². The first kappa shape index (κ1) is 23.3. The molecule has 3 amide bonds. The van der Waals surface area contributed by atoms with Gasteiger partial charge in [0.1, 0.15) is 0 Å². The van der Waals surface area contributed by atoms with E-state index in [2.05, 4.69) is 16.0 Å². The van der Waals surface area contributed by atoms with Gasteiger partial charge in [-0.2, -0.15) is 0 Å². The van der Waals surface area contributed by atoms with Crippen LogP contribution in [-0.4, -0.2) is 42.3 Å². The number of carbonyl (C=O) groups excluding carboxylic acids is 3. The Labute approximate surface area is 189 Å². The number of nitrogens with zero attached hydrogens (tertiary/aromatic N) is 1. The van der Waals surface area contributed by atoms with Crippen LogP contribution < -0.4 is 16.0 Å². The van der Waals surface area contributed by atoms with Crippen molar-refractivity contribution in [3.8, 4) is 0 Å². The van der Waals surface area contributed by atoms with Gasteiger partial charge in [-0.05, 0) is 55.7 Å². The summed E-state index contributed by atoms with van der Waals surface area (Å²) < 4.78 is 0. The van der Waals surface area contributed by atoms with Gasteiger partial charge in [0.15, 0.2) is 0 Å². The van der Waals surface area contributed by atoms with Crippen LogP contribution in [0.1, 0.15) is 54.9 Å². The highest BCUT2D eigenvalue weighted by atomic mass is 16.2. The summed E-state index contributed by atoms with van der Waals surface area (Å²) in [7, 11) is 0. The van der Waals surface area contributed by atoms with Crippen molar-refractivity contribution in [2.75, 3.05) is 35.6 Å². The van der Waals surface area contributed by atoms with Gasteiger partial charge in [-0.25, -0.2) is 0 Å². The number of hydrogen-bond donors (Lipinski definition) is 3. The van der Waals surface area contributed by atoms with E-state index in [0.29, 0.717) is 17.7 Å². The maximum Gasteiger partial charge on any atom is 0.253 e. The molecule has 1 heterocycles. The maximum atomic E-state index is 12.8. The summed E-state index contributed by atoms with van der Waals surface area (Å²) in [5, 5.41) is 8.79. The maximum absolute atomic E-state index is 12.8. The quantitative estimate of drug-likeness (QED) is 0.600. The number of hydrogen-bond acceptors (Lipinski definition) is 4. The van der Waals surface area contributed by atoms with Crippen molar-refractivity contribution in [2.45, 2.75) is 46.0 Å². The molecule has 32 heavy (non-hydrogen) atoms. The average Bonchev–Trinajstić information content (AvgIpc) is 3.09. The number of rotatable bonds is 7. The zero-order valence-electron chi connectivity index (χ0n) is 18.9. The fraction of sp³-hybridized carbons (Fsp3) is 0.400. The number of benzene rings is 2. The van der Waals surface area contributed by atoms with Gasteiger partial charge in [-0.3, -0.25) is 14.4 Å². The Morgan fingerprint density at radius 2 is 1.62 bits per heavy atom. The van der Waals surface area contributed by atoms with Crippen molar-refractivity contribution in [3.05, 3.63) is 53.6 Å². The van der Waals surface area contributed by atoms with E-state index in [1.165, 1.54) is 12.8 Å². The Hall–Kier alpha value is -3.35. The Bertz CT molecular complexity index is 965. The summed E-state index contributed by atoms with van der Waals surface area (Å²) in [5.41, 5.74) is 3.60. The van der Waals surface area contributed by atoms with Gasteiger partial charge in [-0.15, -0.1) is 0 Å². The second-order valence-corrected chi connectivity index (χ2v) is 8.12. The van der Waals surface area contributed by atoms with E-state index in [1.807, 2.05) is 30.0 Å². The molecule has 0 bridgehead atoms. The number of likely N-dealkylation sites (tertiary alicyclic amines) is 1. The molecule has 0 unspecified atom stereocenters. The molecule has 0 aliphatic carbocycles. The summed E-state index contributed by atoms with van der Waals surface area (Å²) in [5.74, 6) is -0.260. The second-order valence-electron chi connectivity index (χ2n) is 8.12. The highest BCUT2D eigenvalue weighted by Crippen LogP contribution is 2.21. The minimum Gasteiger partial charge on any atom is -0.376 e. The fourth-order valence-corrected chi connectivity index (χ4v) is 3.68. The van der Waals surface area contributed by atoms with Crippen molar-refractivity contribution in [1.82, 2.24) is 4.90 Å². The minimum atomic E-state index is -0.218. The molecule has 170 valence electrons. The molecule has 2 aromatic rings. The lowest BCUT2D eigenvalue weighted by Gasteiger charge is -2.20. The third-order valence-electron chi connectivity index (χ3n) is 5.57. The molecule has 7 nitrogen and oxygen atoms in total. The van der Waals surface area contributed by atoms with Crippen LogP contribution in [0.3, 0.4) is 0 Å². The largest absolute Gasteiger partial charge is 0.376 e.